The van der Waals surface area contributed by atoms with Crippen LogP contribution in [0.25, 0.3) is 0 Å². The van der Waals surface area contributed by atoms with E-state index in [1.165, 1.54) is 6.92 Å². The van der Waals surface area contributed by atoms with Gasteiger partial charge in [0.15, 0.2) is 0 Å². The van der Waals surface area contributed by atoms with E-state index in [-0.39, 0.29) is 22.7 Å². The highest BCUT2D eigenvalue weighted by Gasteiger charge is 1.80. The molecular weight excluding hydrogens is 184 g/mol. The lowest BCUT2D eigenvalue weighted by molar-refractivity contribution is -0.00000566. The molecule has 44 valence electrons. The molecule has 0 fully saturated rings. The first-order valence-electron chi connectivity index (χ1n) is 1.50. The predicted octanol–water partition coefficient (Wildman–Crippen LogP) is -0.448. The van der Waals surface area contributed by atoms with Crippen molar-refractivity contribution >= 4 is 10.1 Å². The standard InChI is InChI=1S/C2H6O3S.Br/c1-2-6(3,4)5;/h2H2,1H3,(H,3,4,5);/q;+1/p-1. The van der Waals surface area contributed by atoms with Gasteiger partial charge in [0.05, 0.1) is 10.1 Å². The van der Waals surface area contributed by atoms with Crippen molar-refractivity contribution in [3.05, 3.63) is 0 Å². The Morgan fingerprint density at radius 3 is 1.71 bits per heavy atom. The summed E-state index contributed by atoms with van der Waals surface area (Å²) in [7, 11) is -3.91. The molecule has 0 aromatic heterocycles. The molecule has 0 saturated carbocycles. The molecule has 0 aromatic rings. The maximum Gasteiger partial charge on any atom is 1.00 e. The van der Waals surface area contributed by atoms with E-state index in [2.05, 4.69) is 0 Å². The molecule has 0 saturated heterocycles. The second-order valence-corrected chi connectivity index (χ2v) is 2.54. The third-order valence-electron chi connectivity index (χ3n) is 0.354. The Hall–Kier alpha value is 0.390. The van der Waals surface area contributed by atoms with Gasteiger partial charge in [0, 0.05) is 5.75 Å². The van der Waals surface area contributed by atoms with Gasteiger partial charge in [-0.1, -0.05) is 6.92 Å². The maximum atomic E-state index is 9.44. The molecule has 0 N–H and O–H groups in total. The molecule has 2 radical (unpaired) electrons. The van der Waals surface area contributed by atoms with Crippen LogP contribution in [0.1, 0.15) is 6.92 Å². The SMILES string of the molecule is CCS(=O)(=O)[O-].[Br+]. The second kappa shape index (κ2) is 3.40. The minimum Gasteiger partial charge on any atom is -0.748 e. The number of halogens is 1. The fourth-order valence-corrected chi connectivity index (χ4v) is 0. The topological polar surface area (TPSA) is 57.2 Å². The highest BCUT2D eigenvalue weighted by molar-refractivity contribution is 7.85. The average molecular weight is 189 g/mol. The van der Waals surface area contributed by atoms with Crippen molar-refractivity contribution in [3.63, 3.8) is 0 Å². The predicted molar refractivity (Wildman–Crippen MR) is 20.2 cm³/mol. The van der Waals surface area contributed by atoms with Crippen molar-refractivity contribution < 1.29 is 30.0 Å². The summed E-state index contributed by atoms with van der Waals surface area (Å²) in [6.45, 7) is 1.31. The van der Waals surface area contributed by atoms with Crippen LogP contribution in [0.4, 0.5) is 0 Å². The molecule has 0 heterocycles. The van der Waals surface area contributed by atoms with Crippen LogP contribution in [0.2, 0.25) is 0 Å². The van der Waals surface area contributed by atoms with Crippen LogP contribution in [-0.2, 0) is 10.1 Å². The van der Waals surface area contributed by atoms with Gasteiger partial charge in [-0.15, -0.1) is 0 Å². The molecule has 0 bridgehead atoms. The quantitative estimate of drug-likeness (QED) is 0.525. The van der Waals surface area contributed by atoms with Crippen LogP contribution in [0.5, 0.6) is 0 Å². The van der Waals surface area contributed by atoms with Crippen LogP contribution < -0.4 is 0 Å². The second-order valence-electron chi connectivity index (χ2n) is 0.846. The van der Waals surface area contributed by atoms with Crippen molar-refractivity contribution in [3.8, 4) is 0 Å². The minimum atomic E-state index is -3.91. The molecule has 0 aromatic carbocycles. The van der Waals surface area contributed by atoms with E-state index in [1.807, 2.05) is 0 Å². The molecule has 0 rings (SSSR count). The van der Waals surface area contributed by atoms with Gasteiger partial charge in [-0.3, -0.25) is 0 Å². The van der Waals surface area contributed by atoms with Gasteiger partial charge in [0.1, 0.15) is 0 Å². The zero-order chi connectivity index (χ0) is 5.21. The zero-order valence-corrected chi connectivity index (χ0v) is 6.12. The van der Waals surface area contributed by atoms with Crippen molar-refractivity contribution in [1.82, 2.24) is 0 Å². The summed E-state index contributed by atoms with van der Waals surface area (Å²) in [5.74, 6) is -0.312. The minimum absolute atomic E-state index is 0. The smallest absolute Gasteiger partial charge is 0.748 e. The van der Waals surface area contributed by atoms with Crippen molar-refractivity contribution in [2.24, 2.45) is 0 Å². The summed E-state index contributed by atoms with van der Waals surface area (Å²) in [6.07, 6.45) is 0. The first-order chi connectivity index (χ1) is 2.56. The molecule has 5 heteroatoms. The highest BCUT2D eigenvalue weighted by atomic mass is 79.9. The van der Waals surface area contributed by atoms with Crippen LogP contribution >= 0.6 is 0 Å². The summed E-state index contributed by atoms with van der Waals surface area (Å²) in [4.78, 5) is 0. The van der Waals surface area contributed by atoms with E-state index < -0.39 is 10.1 Å². The summed E-state index contributed by atoms with van der Waals surface area (Å²) < 4.78 is 28.3. The third kappa shape index (κ3) is 10.7. The van der Waals surface area contributed by atoms with Gasteiger partial charge in [0.25, 0.3) is 0 Å². The van der Waals surface area contributed by atoms with Crippen LogP contribution in [0.15, 0.2) is 0 Å². The van der Waals surface area contributed by atoms with Crippen LogP contribution in [-0.4, -0.2) is 18.7 Å². The first-order valence-corrected chi connectivity index (χ1v) is 3.07. The fraction of sp³-hybridized carbons (Fsp3) is 1.00. The van der Waals surface area contributed by atoms with Crippen LogP contribution in [0, 0.1) is 17.0 Å². The lowest BCUT2D eigenvalue weighted by Gasteiger charge is -1.97. The Kier molecular flexibility index (Phi) is 5.04. The van der Waals surface area contributed by atoms with Crippen molar-refractivity contribution in [2.45, 2.75) is 6.92 Å². The number of rotatable bonds is 1. The molecule has 0 aliphatic heterocycles. The highest BCUT2D eigenvalue weighted by Crippen LogP contribution is 1.73. The van der Waals surface area contributed by atoms with Gasteiger partial charge >= 0.3 is 17.0 Å². The van der Waals surface area contributed by atoms with E-state index in [0.717, 1.165) is 0 Å². The normalized spacial score (nSPS) is 10.0. The zero-order valence-electron chi connectivity index (χ0n) is 3.72. The fourth-order valence-electron chi connectivity index (χ4n) is 0. The Balaban J connectivity index is 0. The van der Waals surface area contributed by atoms with Gasteiger partial charge in [-0.25, -0.2) is 8.42 Å². The summed E-state index contributed by atoms with van der Waals surface area (Å²) >= 11 is 0. The molecule has 0 unspecified atom stereocenters. The molecule has 0 amide bonds. The average Bonchev–Trinajstić information content (AvgIpc) is 1.35. The molecule has 0 spiro atoms. The Morgan fingerprint density at radius 1 is 1.57 bits per heavy atom. The monoisotopic (exact) mass is 188 g/mol. The first kappa shape index (κ1) is 10.4. The Morgan fingerprint density at radius 2 is 1.71 bits per heavy atom. The van der Waals surface area contributed by atoms with Crippen molar-refractivity contribution in [2.75, 3.05) is 5.75 Å². The van der Waals surface area contributed by atoms with E-state index in [9.17, 15) is 13.0 Å². The van der Waals surface area contributed by atoms with E-state index in [4.69, 9.17) is 0 Å². The largest absolute Gasteiger partial charge is 1.00 e. The summed E-state index contributed by atoms with van der Waals surface area (Å²) in [5, 5.41) is 0. The van der Waals surface area contributed by atoms with Gasteiger partial charge in [-0.2, -0.15) is 0 Å². The summed E-state index contributed by atoms with van der Waals surface area (Å²) in [6, 6.07) is 0. The number of hydrogen-bond acceptors (Lipinski definition) is 3. The molecule has 0 atom stereocenters. The lowest BCUT2D eigenvalue weighted by atomic mass is 11.0. The van der Waals surface area contributed by atoms with E-state index in [0.29, 0.717) is 0 Å². The van der Waals surface area contributed by atoms with E-state index in [1.54, 1.807) is 0 Å². The lowest BCUT2D eigenvalue weighted by Crippen LogP contribution is -1.98. The molecule has 0 aliphatic carbocycles. The third-order valence-corrected chi connectivity index (χ3v) is 1.06. The molecular formula is C2H5BrO3S. The van der Waals surface area contributed by atoms with Gasteiger partial charge < -0.3 is 4.55 Å². The van der Waals surface area contributed by atoms with Gasteiger partial charge in [0.2, 0.25) is 0 Å². The van der Waals surface area contributed by atoms with Crippen molar-refractivity contribution in [1.29, 1.82) is 0 Å². The molecule has 0 aliphatic rings. The molecule has 3 nitrogen and oxygen atoms in total. The number of hydrogen-bond donors (Lipinski definition) is 0. The van der Waals surface area contributed by atoms with E-state index >= 15 is 0 Å². The van der Waals surface area contributed by atoms with Crippen LogP contribution in [0.3, 0.4) is 0 Å². The Bertz CT molecular complexity index is 115. The Labute approximate surface area is 53.2 Å². The molecule has 7 heavy (non-hydrogen) atoms. The maximum absolute atomic E-state index is 9.44. The summed E-state index contributed by atoms with van der Waals surface area (Å²) in [5.41, 5.74) is 0. The van der Waals surface area contributed by atoms with Gasteiger partial charge in [-0.05, 0) is 0 Å².